The Morgan fingerprint density at radius 2 is 2.02 bits per heavy atom. The molecule has 0 N–H and O–H groups in total. The second kappa shape index (κ2) is 12.6. The quantitative estimate of drug-likeness (QED) is 0.282. The second-order valence-electron chi connectivity index (χ2n) is 12.3. The zero-order chi connectivity index (χ0) is 30.9. The Morgan fingerprint density at radius 1 is 1.16 bits per heavy atom. The lowest BCUT2D eigenvalue weighted by molar-refractivity contribution is -0.128. The van der Waals surface area contributed by atoms with E-state index in [1.54, 1.807) is 4.90 Å². The first-order valence-electron chi connectivity index (χ1n) is 15.7. The van der Waals surface area contributed by atoms with E-state index in [1.807, 2.05) is 0 Å². The zero-order valence-corrected chi connectivity index (χ0v) is 25.6. The van der Waals surface area contributed by atoms with Crippen LogP contribution in [-0.4, -0.2) is 103 Å². The van der Waals surface area contributed by atoms with Gasteiger partial charge < -0.3 is 29.0 Å². The predicted octanol–water partition coefficient (Wildman–Crippen LogP) is 3.77. The number of aryl methyl sites for hydroxylation is 1. The molecule has 45 heavy (non-hydrogen) atoms. The molecule has 3 fully saturated rings. The Labute approximate surface area is 262 Å². The van der Waals surface area contributed by atoms with Crippen LogP contribution in [0, 0.1) is 13.5 Å². The van der Waals surface area contributed by atoms with E-state index in [1.165, 1.54) is 34.2 Å². The van der Waals surface area contributed by atoms with Gasteiger partial charge in [-0.05, 0) is 42.9 Å². The molecule has 3 aromatic rings. The molecule has 3 atom stereocenters. The van der Waals surface area contributed by atoms with Crippen LogP contribution < -0.4 is 14.5 Å². The molecule has 10 nitrogen and oxygen atoms in total. The fourth-order valence-electron chi connectivity index (χ4n) is 7.31. The van der Waals surface area contributed by atoms with Gasteiger partial charge in [0, 0.05) is 61.5 Å². The number of allylic oxidation sites excluding steroid dienone is 1. The Morgan fingerprint density at radius 3 is 2.80 bits per heavy atom. The van der Waals surface area contributed by atoms with Gasteiger partial charge in [-0.3, -0.25) is 9.69 Å². The number of carbonyl (C=O) groups is 1. The zero-order valence-electron chi connectivity index (χ0n) is 25.6. The highest BCUT2D eigenvalue weighted by atomic mass is 19.1. The van der Waals surface area contributed by atoms with Gasteiger partial charge >= 0.3 is 6.01 Å². The lowest BCUT2D eigenvalue weighted by Gasteiger charge is -2.41. The molecular formula is C34H38FN7O3. The van der Waals surface area contributed by atoms with Crippen LogP contribution in [0.25, 0.3) is 15.6 Å². The third kappa shape index (κ3) is 5.80. The molecule has 4 aliphatic heterocycles. The number of piperazine rings is 1. The summed E-state index contributed by atoms with van der Waals surface area (Å²) in [6, 6.07) is 13.2. The number of anilines is 2. The molecule has 1 aromatic heterocycles. The largest absolute Gasteiger partial charge is 0.447 e. The van der Waals surface area contributed by atoms with Crippen molar-refractivity contribution < 1.29 is 18.7 Å². The van der Waals surface area contributed by atoms with E-state index in [0.717, 1.165) is 49.6 Å². The Bertz CT molecular complexity index is 1650. The Kier molecular flexibility index (Phi) is 8.25. The molecule has 0 radical (unpaired) electrons. The van der Waals surface area contributed by atoms with Crippen molar-refractivity contribution in [3.8, 4) is 6.01 Å². The van der Waals surface area contributed by atoms with Crippen molar-refractivity contribution in [1.29, 1.82) is 0 Å². The summed E-state index contributed by atoms with van der Waals surface area (Å²) in [5.41, 5.74) is 4.45. The molecule has 234 valence electrons. The molecule has 4 aliphatic rings. The van der Waals surface area contributed by atoms with Gasteiger partial charge in [-0.15, -0.1) is 0 Å². The highest BCUT2D eigenvalue weighted by molar-refractivity contribution is 5.97. The Balaban J connectivity index is 1.20. The van der Waals surface area contributed by atoms with Gasteiger partial charge in [0.1, 0.15) is 25.3 Å². The first-order chi connectivity index (χ1) is 22.0. The minimum atomic E-state index is -0.698. The van der Waals surface area contributed by atoms with Crippen molar-refractivity contribution in [3.05, 3.63) is 76.8 Å². The van der Waals surface area contributed by atoms with Gasteiger partial charge in [-0.25, -0.2) is 11.0 Å². The number of likely N-dealkylation sites (tertiary alicyclic amines) is 1. The number of fused-ring (bicyclic) bond motifs is 4. The fourth-order valence-corrected chi connectivity index (χ4v) is 7.31. The van der Waals surface area contributed by atoms with Crippen LogP contribution in [0.4, 0.5) is 15.9 Å². The van der Waals surface area contributed by atoms with Crippen LogP contribution in [0.3, 0.4) is 0 Å². The number of alkyl halides is 1. The predicted molar refractivity (Wildman–Crippen MR) is 170 cm³/mol. The summed E-state index contributed by atoms with van der Waals surface area (Å²) in [5.74, 6) is 0.552. The number of nitrogens with zero attached hydrogens (tertiary/aromatic N) is 7. The monoisotopic (exact) mass is 611 g/mol. The van der Waals surface area contributed by atoms with Crippen molar-refractivity contribution in [2.45, 2.75) is 44.5 Å². The van der Waals surface area contributed by atoms with Crippen molar-refractivity contribution in [1.82, 2.24) is 19.8 Å². The molecule has 2 aromatic carbocycles. The first-order valence-corrected chi connectivity index (χ1v) is 15.7. The normalized spacial score (nSPS) is 23.1. The molecule has 0 unspecified atom stereocenters. The van der Waals surface area contributed by atoms with E-state index in [2.05, 4.69) is 62.9 Å². The van der Waals surface area contributed by atoms with Crippen LogP contribution >= 0.6 is 0 Å². The van der Waals surface area contributed by atoms with Crippen LogP contribution in [0.5, 0.6) is 6.01 Å². The van der Waals surface area contributed by atoms with Crippen molar-refractivity contribution in [3.63, 3.8) is 0 Å². The van der Waals surface area contributed by atoms with E-state index in [0.29, 0.717) is 45.0 Å². The highest BCUT2D eigenvalue weighted by Crippen LogP contribution is 2.36. The van der Waals surface area contributed by atoms with Gasteiger partial charge in [0.05, 0.1) is 24.9 Å². The van der Waals surface area contributed by atoms with Crippen LogP contribution in [0.15, 0.2) is 48.6 Å². The van der Waals surface area contributed by atoms with E-state index in [9.17, 15) is 9.18 Å². The topological polar surface area (TPSA) is 78.6 Å². The maximum Gasteiger partial charge on any atom is 0.320 e. The van der Waals surface area contributed by atoms with E-state index < -0.39 is 6.67 Å². The third-order valence-corrected chi connectivity index (χ3v) is 9.54. The number of amides is 1. The van der Waals surface area contributed by atoms with Gasteiger partial charge in [-0.2, -0.15) is 9.97 Å². The van der Waals surface area contributed by atoms with Crippen LogP contribution in [0.2, 0.25) is 0 Å². The summed E-state index contributed by atoms with van der Waals surface area (Å²) >= 11 is 0. The number of hydrogen-bond acceptors (Lipinski definition) is 8. The minimum absolute atomic E-state index is 0.163. The maximum atomic E-state index is 12.8. The summed E-state index contributed by atoms with van der Waals surface area (Å²) in [6.45, 7) is 14.0. The number of benzene rings is 2. The summed E-state index contributed by atoms with van der Waals surface area (Å²) in [4.78, 5) is 34.9. The molecule has 0 saturated carbocycles. The number of halogens is 1. The number of rotatable bonds is 8. The molecule has 5 heterocycles. The SMILES string of the molecule is [C-]#[N+]C[C@H]1CN(c2nc(OCN3C[C@@H]4C[C@H]3CO4)nc3c2CCN(c2cccc4cccc(C)c24)C3)CCN1C(=O)/C=C/CF. The van der Waals surface area contributed by atoms with Gasteiger partial charge in [0.2, 0.25) is 12.5 Å². The molecule has 0 aliphatic carbocycles. The van der Waals surface area contributed by atoms with E-state index in [4.69, 9.17) is 26.0 Å². The molecule has 0 spiro atoms. The molecule has 1 amide bonds. The highest BCUT2D eigenvalue weighted by Gasteiger charge is 2.39. The van der Waals surface area contributed by atoms with Crippen LogP contribution in [-0.2, 0) is 22.5 Å². The van der Waals surface area contributed by atoms with E-state index >= 15 is 0 Å². The maximum absolute atomic E-state index is 12.8. The van der Waals surface area contributed by atoms with Crippen molar-refractivity contribution in [2.75, 3.05) is 69.1 Å². The Hall–Kier alpha value is -4.27. The first kappa shape index (κ1) is 29.4. The minimum Gasteiger partial charge on any atom is -0.447 e. The molecule has 11 heteroatoms. The molecular weight excluding hydrogens is 573 g/mol. The van der Waals surface area contributed by atoms with Crippen LogP contribution in [0.1, 0.15) is 23.2 Å². The fraction of sp³-hybridized carbons (Fsp3) is 0.471. The summed E-state index contributed by atoms with van der Waals surface area (Å²) < 4.78 is 24.8. The lowest BCUT2D eigenvalue weighted by Crippen LogP contribution is -2.56. The molecule has 7 rings (SSSR count). The average Bonchev–Trinajstić information content (AvgIpc) is 3.70. The van der Waals surface area contributed by atoms with Gasteiger partial charge in [-0.1, -0.05) is 30.3 Å². The summed E-state index contributed by atoms with van der Waals surface area (Å²) in [7, 11) is 0. The number of carbonyl (C=O) groups excluding carboxylic acids is 1. The molecule has 3 saturated heterocycles. The smallest absolute Gasteiger partial charge is 0.320 e. The third-order valence-electron chi connectivity index (χ3n) is 9.54. The number of ether oxygens (including phenoxy) is 2. The van der Waals surface area contributed by atoms with Gasteiger partial charge in [0.25, 0.3) is 0 Å². The van der Waals surface area contributed by atoms with Crippen molar-refractivity contribution >= 4 is 28.2 Å². The van der Waals surface area contributed by atoms with Crippen molar-refractivity contribution in [2.24, 2.45) is 0 Å². The van der Waals surface area contributed by atoms with Gasteiger partial charge in [0.15, 0.2) is 0 Å². The number of morpholine rings is 1. The summed E-state index contributed by atoms with van der Waals surface area (Å²) in [6.07, 6.45) is 4.55. The average molecular weight is 612 g/mol. The second-order valence-corrected chi connectivity index (χ2v) is 12.3. The summed E-state index contributed by atoms with van der Waals surface area (Å²) in [5, 5.41) is 2.47. The lowest BCUT2D eigenvalue weighted by atomic mass is 9.99. The number of hydrogen-bond donors (Lipinski definition) is 0. The standard InChI is InChI=1S/C34H38FN7O3/c1-23-6-3-7-24-8-4-9-30(32(23)24)39-13-11-28-29(20-39)37-34(45-22-41-19-27-16-25(41)21-44-27)38-33(28)40-14-15-42(26(18-40)17-36-2)31(43)10-5-12-35/h3-10,25-27H,11-22H2,1H3/b10-5+/t25-,26-,27-/m0/s1. The molecule has 2 bridgehead atoms. The number of aromatic nitrogens is 2. The van der Waals surface area contributed by atoms with E-state index in [-0.39, 0.29) is 24.6 Å².